The molecule has 5 heteroatoms. The molecule has 0 rings (SSSR count). The Balaban J connectivity index is 4.37. The summed E-state index contributed by atoms with van der Waals surface area (Å²) in [6.45, 7) is 5.46. The molecular formula is C12H24N2O3. The highest BCUT2D eigenvalue weighted by Crippen LogP contribution is 2.04. The van der Waals surface area contributed by atoms with Crippen molar-refractivity contribution in [2.45, 2.75) is 20.3 Å². The number of methoxy groups -OCH3 is 1. The molecule has 0 saturated heterocycles. The lowest BCUT2D eigenvalue weighted by Crippen LogP contribution is -2.40. The van der Waals surface area contributed by atoms with Gasteiger partial charge in [-0.2, -0.15) is 0 Å². The van der Waals surface area contributed by atoms with Crippen LogP contribution in [0.5, 0.6) is 0 Å². The van der Waals surface area contributed by atoms with Gasteiger partial charge in [0.05, 0.1) is 13.0 Å². The van der Waals surface area contributed by atoms with Crippen LogP contribution in [0, 0.1) is 5.92 Å². The van der Waals surface area contributed by atoms with Crippen molar-refractivity contribution >= 4 is 11.9 Å². The maximum absolute atomic E-state index is 11.7. The van der Waals surface area contributed by atoms with Crippen molar-refractivity contribution in [1.82, 2.24) is 9.80 Å². The van der Waals surface area contributed by atoms with Crippen molar-refractivity contribution in [3.05, 3.63) is 0 Å². The first kappa shape index (κ1) is 15.9. The second kappa shape index (κ2) is 8.06. The molecule has 0 aromatic rings. The molecular weight excluding hydrogens is 220 g/mol. The Morgan fingerprint density at radius 3 is 2.24 bits per heavy atom. The zero-order valence-corrected chi connectivity index (χ0v) is 11.5. The molecule has 0 aromatic carbocycles. The molecule has 0 heterocycles. The van der Waals surface area contributed by atoms with Gasteiger partial charge in [-0.15, -0.1) is 0 Å². The maximum atomic E-state index is 11.7. The van der Waals surface area contributed by atoms with Gasteiger partial charge in [-0.3, -0.25) is 9.59 Å². The molecule has 1 unspecified atom stereocenters. The third kappa shape index (κ3) is 6.26. The largest absolute Gasteiger partial charge is 0.469 e. The van der Waals surface area contributed by atoms with E-state index in [0.717, 1.165) is 6.54 Å². The van der Waals surface area contributed by atoms with Gasteiger partial charge in [-0.05, 0) is 14.1 Å². The molecule has 0 spiro atoms. The quantitative estimate of drug-likeness (QED) is 0.615. The summed E-state index contributed by atoms with van der Waals surface area (Å²) < 4.78 is 4.66. The summed E-state index contributed by atoms with van der Waals surface area (Å²) in [5.41, 5.74) is 0. The van der Waals surface area contributed by atoms with E-state index in [9.17, 15) is 9.59 Å². The third-order valence-corrected chi connectivity index (χ3v) is 2.57. The molecule has 0 bridgehead atoms. The number of carbonyl (C=O) groups excluding carboxylic acids is 2. The van der Waals surface area contributed by atoms with Crippen LogP contribution in [0.4, 0.5) is 0 Å². The van der Waals surface area contributed by atoms with E-state index in [1.807, 2.05) is 25.9 Å². The number of hydrogen-bond donors (Lipinski definition) is 0. The molecule has 1 atom stereocenters. The minimum atomic E-state index is -0.280. The Morgan fingerprint density at radius 2 is 1.82 bits per heavy atom. The SMILES string of the molecule is CCC(=O)N(CCN(C)C)CC(C)C(=O)OC. The van der Waals surface area contributed by atoms with Gasteiger partial charge in [0.25, 0.3) is 0 Å². The van der Waals surface area contributed by atoms with Gasteiger partial charge >= 0.3 is 5.97 Å². The minimum Gasteiger partial charge on any atom is -0.469 e. The molecule has 0 aromatic heterocycles. The molecule has 0 radical (unpaired) electrons. The fraction of sp³-hybridized carbons (Fsp3) is 0.833. The molecule has 17 heavy (non-hydrogen) atoms. The van der Waals surface area contributed by atoms with Crippen molar-refractivity contribution in [2.24, 2.45) is 5.92 Å². The Kier molecular flexibility index (Phi) is 7.54. The normalized spacial score (nSPS) is 12.4. The monoisotopic (exact) mass is 244 g/mol. The van der Waals surface area contributed by atoms with Crippen LogP contribution < -0.4 is 0 Å². The second-order valence-corrected chi connectivity index (χ2v) is 4.42. The summed E-state index contributed by atoms with van der Waals surface area (Å²) in [6, 6.07) is 0. The van der Waals surface area contributed by atoms with E-state index in [4.69, 9.17) is 0 Å². The first-order valence-corrected chi connectivity index (χ1v) is 5.92. The molecule has 0 fully saturated rings. The summed E-state index contributed by atoms with van der Waals surface area (Å²) in [5, 5.41) is 0. The molecule has 5 nitrogen and oxygen atoms in total. The van der Waals surface area contributed by atoms with E-state index < -0.39 is 0 Å². The van der Waals surface area contributed by atoms with Crippen molar-refractivity contribution < 1.29 is 14.3 Å². The van der Waals surface area contributed by atoms with E-state index in [-0.39, 0.29) is 17.8 Å². The van der Waals surface area contributed by atoms with Gasteiger partial charge in [0.1, 0.15) is 0 Å². The highest BCUT2D eigenvalue weighted by Gasteiger charge is 2.20. The van der Waals surface area contributed by atoms with Crippen LogP contribution in [0.15, 0.2) is 0 Å². The van der Waals surface area contributed by atoms with Crippen molar-refractivity contribution in [1.29, 1.82) is 0 Å². The van der Waals surface area contributed by atoms with Crippen LogP contribution in [-0.2, 0) is 14.3 Å². The van der Waals surface area contributed by atoms with Crippen LogP contribution in [0.1, 0.15) is 20.3 Å². The van der Waals surface area contributed by atoms with Gasteiger partial charge in [0.2, 0.25) is 5.91 Å². The molecule has 0 aliphatic heterocycles. The average Bonchev–Trinajstić information content (AvgIpc) is 2.31. The maximum Gasteiger partial charge on any atom is 0.310 e. The molecule has 100 valence electrons. The summed E-state index contributed by atoms with van der Waals surface area (Å²) in [4.78, 5) is 26.8. The lowest BCUT2D eigenvalue weighted by molar-refractivity contribution is -0.146. The van der Waals surface area contributed by atoms with Crippen molar-refractivity contribution in [3.63, 3.8) is 0 Å². The lowest BCUT2D eigenvalue weighted by Gasteiger charge is -2.26. The van der Waals surface area contributed by atoms with Gasteiger partial charge < -0.3 is 14.5 Å². The molecule has 1 amide bonds. The number of hydrogen-bond acceptors (Lipinski definition) is 4. The standard InChI is InChI=1S/C12H24N2O3/c1-6-11(15)14(8-7-13(3)4)9-10(2)12(16)17-5/h10H,6-9H2,1-5H3. The lowest BCUT2D eigenvalue weighted by atomic mass is 10.1. The Bertz CT molecular complexity index is 254. The van der Waals surface area contributed by atoms with E-state index >= 15 is 0 Å². The first-order chi connectivity index (χ1) is 7.92. The predicted octanol–water partition coefficient (Wildman–Crippen LogP) is 0.596. The summed E-state index contributed by atoms with van der Waals surface area (Å²) in [5.74, 6) is -0.482. The van der Waals surface area contributed by atoms with E-state index in [1.165, 1.54) is 7.11 Å². The Hall–Kier alpha value is -1.10. The highest BCUT2D eigenvalue weighted by atomic mass is 16.5. The predicted molar refractivity (Wildman–Crippen MR) is 66.6 cm³/mol. The van der Waals surface area contributed by atoms with Crippen molar-refractivity contribution in [2.75, 3.05) is 40.8 Å². The summed E-state index contributed by atoms with van der Waals surface area (Å²) in [6.07, 6.45) is 0.460. The van der Waals surface area contributed by atoms with E-state index in [0.29, 0.717) is 19.5 Å². The molecule has 0 saturated carbocycles. The molecule has 0 N–H and O–H groups in total. The number of carbonyl (C=O) groups is 2. The average molecular weight is 244 g/mol. The first-order valence-electron chi connectivity index (χ1n) is 5.92. The van der Waals surface area contributed by atoms with Crippen LogP contribution >= 0.6 is 0 Å². The number of likely N-dealkylation sites (N-methyl/N-ethyl adjacent to an activating group) is 1. The highest BCUT2D eigenvalue weighted by molar-refractivity contribution is 5.77. The number of ether oxygens (including phenoxy) is 1. The van der Waals surface area contributed by atoms with Gasteiger partial charge in [0, 0.05) is 26.1 Å². The summed E-state index contributed by atoms with van der Waals surface area (Å²) >= 11 is 0. The summed E-state index contributed by atoms with van der Waals surface area (Å²) in [7, 11) is 5.28. The number of rotatable bonds is 7. The van der Waals surface area contributed by atoms with Gasteiger partial charge in [-0.25, -0.2) is 0 Å². The van der Waals surface area contributed by atoms with Crippen LogP contribution in [0.25, 0.3) is 0 Å². The Morgan fingerprint density at radius 1 is 1.24 bits per heavy atom. The second-order valence-electron chi connectivity index (χ2n) is 4.42. The van der Waals surface area contributed by atoms with Crippen LogP contribution in [0.3, 0.4) is 0 Å². The minimum absolute atomic E-state index is 0.0719. The fourth-order valence-electron chi connectivity index (χ4n) is 1.47. The zero-order chi connectivity index (χ0) is 13.4. The number of esters is 1. The smallest absolute Gasteiger partial charge is 0.310 e. The zero-order valence-electron chi connectivity index (χ0n) is 11.5. The van der Waals surface area contributed by atoms with Crippen LogP contribution in [0.2, 0.25) is 0 Å². The number of amides is 1. The van der Waals surface area contributed by atoms with E-state index in [1.54, 1.807) is 11.8 Å². The van der Waals surface area contributed by atoms with E-state index in [2.05, 4.69) is 4.74 Å². The third-order valence-electron chi connectivity index (χ3n) is 2.57. The van der Waals surface area contributed by atoms with Crippen molar-refractivity contribution in [3.8, 4) is 0 Å². The molecule has 0 aliphatic rings. The molecule has 0 aliphatic carbocycles. The van der Waals surface area contributed by atoms with Gasteiger partial charge in [-0.1, -0.05) is 13.8 Å². The van der Waals surface area contributed by atoms with Crippen LogP contribution in [-0.4, -0.2) is 62.5 Å². The fourth-order valence-corrected chi connectivity index (χ4v) is 1.47. The Labute approximate surface area is 104 Å². The number of nitrogens with zero attached hydrogens (tertiary/aromatic N) is 2. The topological polar surface area (TPSA) is 49.9 Å². The van der Waals surface area contributed by atoms with Gasteiger partial charge in [0.15, 0.2) is 0 Å².